The van der Waals surface area contributed by atoms with Crippen LogP contribution in [0.5, 0.6) is 0 Å². The quantitative estimate of drug-likeness (QED) is 0.683. The Bertz CT molecular complexity index is 336. The second kappa shape index (κ2) is 5.05. The van der Waals surface area contributed by atoms with E-state index in [1.54, 1.807) is 4.90 Å². The van der Waals surface area contributed by atoms with E-state index in [1.165, 1.54) is 0 Å². The van der Waals surface area contributed by atoms with Crippen molar-refractivity contribution in [1.29, 1.82) is 5.26 Å². The van der Waals surface area contributed by atoms with Crippen LogP contribution in [0.4, 0.5) is 0 Å². The predicted octanol–water partition coefficient (Wildman–Crippen LogP) is 1.09. The molecule has 1 aliphatic carbocycles. The van der Waals surface area contributed by atoms with Gasteiger partial charge in [-0.15, -0.1) is 0 Å². The molecule has 2 rings (SSSR count). The van der Waals surface area contributed by atoms with Crippen molar-refractivity contribution in [3.05, 3.63) is 0 Å². The molecule has 0 N–H and O–H groups in total. The van der Waals surface area contributed by atoms with Crippen molar-refractivity contribution in [3.63, 3.8) is 0 Å². The van der Waals surface area contributed by atoms with Crippen molar-refractivity contribution in [3.8, 4) is 6.07 Å². The van der Waals surface area contributed by atoms with E-state index in [4.69, 9.17) is 0 Å². The van der Waals surface area contributed by atoms with Gasteiger partial charge >= 0.3 is 0 Å². The smallest absolute Gasteiger partial charge is 0.236 e. The number of carbonyl (C=O) groups excluding carboxylic acids is 1. The summed E-state index contributed by atoms with van der Waals surface area (Å²) < 4.78 is 0. The first kappa shape index (κ1) is 12.4. The molecule has 4 nitrogen and oxygen atoms in total. The first-order valence-corrected chi connectivity index (χ1v) is 6.49. The maximum absolute atomic E-state index is 11.7. The molecule has 94 valence electrons. The predicted molar refractivity (Wildman–Crippen MR) is 65.1 cm³/mol. The summed E-state index contributed by atoms with van der Waals surface area (Å²) in [5.74, 6) is 0.980. The fourth-order valence-electron chi connectivity index (χ4n) is 2.96. The Kier molecular flexibility index (Phi) is 3.68. The van der Waals surface area contributed by atoms with Crippen LogP contribution in [0, 0.1) is 23.2 Å². The summed E-state index contributed by atoms with van der Waals surface area (Å²) in [7, 11) is 1.85. The van der Waals surface area contributed by atoms with E-state index < -0.39 is 0 Å². The molecule has 4 heteroatoms. The van der Waals surface area contributed by atoms with Gasteiger partial charge in [0, 0.05) is 26.2 Å². The summed E-state index contributed by atoms with van der Waals surface area (Å²) in [6.45, 7) is 4.45. The molecule has 17 heavy (non-hydrogen) atoms. The lowest BCUT2D eigenvalue weighted by Gasteiger charge is -2.42. The molecule has 0 aromatic heterocycles. The van der Waals surface area contributed by atoms with Crippen LogP contribution in [0.25, 0.3) is 0 Å². The van der Waals surface area contributed by atoms with Crippen molar-refractivity contribution in [1.82, 2.24) is 9.80 Å². The highest BCUT2D eigenvalue weighted by Crippen LogP contribution is 2.32. The number of rotatable bonds is 1. The first-order valence-electron chi connectivity index (χ1n) is 6.49. The van der Waals surface area contributed by atoms with Gasteiger partial charge in [-0.3, -0.25) is 9.69 Å². The van der Waals surface area contributed by atoms with Gasteiger partial charge in [-0.25, -0.2) is 0 Å². The summed E-state index contributed by atoms with van der Waals surface area (Å²) >= 11 is 0. The van der Waals surface area contributed by atoms with Gasteiger partial charge in [0.05, 0.1) is 18.5 Å². The van der Waals surface area contributed by atoms with Crippen LogP contribution in [0.3, 0.4) is 0 Å². The van der Waals surface area contributed by atoms with Gasteiger partial charge in [0.1, 0.15) is 0 Å². The third-order valence-electron chi connectivity index (χ3n) is 4.20. The molecule has 1 amide bonds. The third-order valence-corrected chi connectivity index (χ3v) is 4.20. The van der Waals surface area contributed by atoms with E-state index in [-0.39, 0.29) is 11.8 Å². The number of amides is 1. The molecule has 1 saturated carbocycles. The number of hydrogen-bond donors (Lipinski definition) is 0. The average Bonchev–Trinajstić information content (AvgIpc) is 2.32. The van der Waals surface area contributed by atoms with Gasteiger partial charge in [-0.1, -0.05) is 6.92 Å². The van der Waals surface area contributed by atoms with Crippen molar-refractivity contribution in [2.24, 2.45) is 11.8 Å². The molecule has 1 saturated heterocycles. The Balaban J connectivity index is 2.04. The van der Waals surface area contributed by atoms with E-state index in [1.807, 2.05) is 7.05 Å². The van der Waals surface area contributed by atoms with Crippen LogP contribution in [0.1, 0.15) is 26.2 Å². The molecule has 0 aromatic rings. The Hall–Kier alpha value is -1.08. The Labute approximate surface area is 103 Å². The molecule has 1 heterocycles. The highest BCUT2D eigenvalue weighted by Gasteiger charge is 2.35. The zero-order valence-corrected chi connectivity index (χ0v) is 10.7. The number of nitriles is 1. The lowest BCUT2D eigenvalue weighted by atomic mass is 9.79. The Morgan fingerprint density at radius 1 is 1.35 bits per heavy atom. The summed E-state index contributed by atoms with van der Waals surface area (Å²) in [5, 5.41) is 9.22. The standard InChI is InChI=1S/C13H21N3O/c1-10-3-4-11(8-14)12(7-10)16-6-5-15(2)13(17)9-16/h10-12H,3-7,9H2,1-2H3. The second-order valence-electron chi connectivity index (χ2n) is 5.51. The van der Waals surface area contributed by atoms with Gasteiger partial charge in [-0.2, -0.15) is 5.26 Å². The molecule has 2 fully saturated rings. The molecular formula is C13H21N3O. The van der Waals surface area contributed by atoms with E-state index in [0.29, 0.717) is 18.5 Å². The monoisotopic (exact) mass is 235 g/mol. The van der Waals surface area contributed by atoms with Crippen molar-refractivity contribution in [2.75, 3.05) is 26.7 Å². The Morgan fingerprint density at radius 2 is 2.12 bits per heavy atom. The minimum absolute atomic E-state index is 0.113. The number of nitrogens with zero attached hydrogens (tertiary/aromatic N) is 3. The van der Waals surface area contributed by atoms with Gasteiger partial charge in [0.2, 0.25) is 5.91 Å². The van der Waals surface area contributed by atoms with Crippen LogP contribution in [0.2, 0.25) is 0 Å². The second-order valence-corrected chi connectivity index (χ2v) is 5.51. The molecule has 0 aromatic carbocycles. The molecular weight excluding hydrogens is 214 g/mol. The van der Waals surface area contributed by atoms with E-state index >= 15 is 0 Å². The van der Waals surface area contributed by atoms with Gasteiger partial charge in [0.15, 0.2) is 0 Å². The SMILES string of the molecule is CC1CCC(C#N)C(N2CCN(C)C(=O)C2)C1. The molecule has 3 atom stereocenters. The average molecular weight is 235 g/mol. The van der Waals surface area contributed by atoms with Gasteiger partial charge in [0.25, 0.3) is 0 Å². The van der Waals surface area contributed by atoms with Gasteiger partial charge < -0.3 is 4.90 Å². The van der Waals surface area contributed by atoms with Crippen molar-refractivity contribution >= 4 is 5.91 Å². The molecule has 1 aliphatic heterocycles. The van der Waals surface area contributed by atoms with Crippen LogP contribution in [-0.4, -0.2) is 48.4 Å². The zero-order chi connectivity index (χ0) is 12.4. The fourth-order valence-corrected chi connectivity index (χ4v) is 2.96. The van der Waals surface area contributed by atoms with Crippen LogP contribution in [0.15, 0.2) is 0 Å². The minimum Gasteiger partial charge on any atom is -0.343 e. The number of piperazine rings is 1. The maximum Gasteiger partial charge on any atom is 0.236 e. The number of carbonyl (C=O) groups is 1. The summed E-state index contributed by atoms with van der Waals surface area (Å²) in [4.78, 5) is 15.7. The normalized spacial score (nSPS) is 35.7. The zero-order valence-electron chi connectivity index (χ0n) is 10.7. The summed E-state index contributed by atoms with van der Waals surface area (Å²) in [6.07, 6.45) is 3.20. The highest BCUT2D eigenvalue weighted by atomic mass is 16.2. The maximum atomic E-state index is 11.7. The highest BCUT2D eigenvalue weighted by molar-refractivity contribution is 5.78. The minimum atomic E-state index is 0.113. The lowest BCUT2D eigenvalue weighted by molar-refractivity contribution is -0.136. The Morgan fingerprint density at radius 3 is 2.76 bits per heavy atom. The summed E-state index contributed by atoms with van der Waals surface area (Å²) in [6, 6.07) is 2.72. The lowest BCUT2D eigenvalue weighted by Crippen LogP contribution is -2.55. The van der Waals surface area contributed by atoms with E-state index in [2.05, 4.69) is 17.9 Å². The number of likely N-dealkylation sites (N-methyl/N-ethyl adjacent to an activating group) is 1. The fraction of sp³-hybridized carbons (Fsp3) is 0.846. The number of hydrogen-bond acceptors (Lipinski definition) is 3. The molecule has 0 bridgehead atoms. The molecule has 0 spiro atoms. The first-order chi connectivity index (χ1) is 8.11. The van der Waals surface area contributed by atoms with E-state index in [9.17, 15) is 10.1 Å². The van der Waals surface area contributed by atoms with Crippen LogP contribution < -0.4 is 0 Å². The van der Waals surface area contributed by atoms with Crippen molar-refractivity contribution < 1.29 is 4.79 Å². The van der Waals surface area contributed by atoms with Crippen molar-refractivity contribution in [2.45, 2.75) is 32.2 Å². The largest absolute Gasteiger partial charge is 0.343 e. The topological polar surface area (TPSA) is 47.3 Å². The molecule has 0 radical (unpaired) electrons. The molecule has 2 aliphatic rings. The summed E-state index contributed by atoms with van der Waals surface area (Å²) in [5.41, 5.74) is 0. The van der Waals surface area contributed by atoms with Gasteiger partial charge in [-0.05, 0) is 25.2 Å². The van der Waals surface area contributed by atoms with Crippen LogP contribution >= 0.6 is 0 Å². The third kappa shape index (κ3) is 2.61. The van der Waals surface area contributed by atoms with Crippen LogP contribution in [-0.2, 0) is 4.79 Å². The van der Waals surface area contributed by atoms with E-state index in [0.717, 1.165) is 32.4 Å². The molecule has 3 unspecified atom stereocenters.